The van der Waals surface area contributed by atoms with E-state index in [1.54, 1.807) is 0 Å². The van der Waals surface area contributed by atoms with Gasteiger partial charge < -0.3 is 4.74 Å². The molecule has 1 N–H and O–H groups in total. The molecule has 0 bridgehead atoms. The maximum absolute atomic E-state index is 10.9. The van der Waals surface area contributed by atoms with Crippen molar-refractivity contribution in [2.75, 3.05) is 13.7 Å². The molecule has 1 fully saturated rings. The summed E-state index contributed by atoms with van der Waals surface area (Å²) in [7, 11) is 1.49. The number of nitrogens with zero attached hydrogens (tertiary/aromatic N) is 1. The summed E-state index contributed by atoms with van der Waals surface area (Å²) in [5, 5.41) is 3.98. The smallest absolute Gasteiger partial charge is 0.266 e. The molecule has 4 heteroatoms. The summed E-state index contributed by atoms with van der Waals surface area (Å²) >= 11 is 0. The zero-order valence-electron chi connectivity index (χ0n) is 8.39. The topological polar surface area (TPSA) is 50.7 Å². The molecule has 1 saturated carbocycles. The van der Waals surface area contributed by atoms with Gasteiger partial charge in [-0.3, -0.25) is 4.79 Å². The Morgan fingerprint density at radius 2 is 2.23 bits per heavy atom. The largest absolute Gasteiger partial charge is 0.375 e. The first-order chi connectivity index (χ1) is 6.03. The van der Waals surface area contributed by atoms with Gasteiger partial charge in [-0.2, -0.15) is 5.10 Å². The number of hydrazone groups is 1. The quantitative estimate of drug-likeness (QED) is 0.663. The maximum atomic E-state index is 10.9. The van der Waals surface area contributed by atoms with Crippen molar-refractivity contribution in [3.8, 4) is 0 Å². The lowest BCUT2D eigenvalue weighted by molar-refractivity contribution is -0.124. The van der Waals surface area contributed by atoms with Crippen LogP contribution in [0.4, 0.5) is 0 Å². The van der Waals surface area contributed by atoms with Crippen LogP contribution in [0.2, 0.25) is 0 Å². The Kier molecular flexibility index (Phi) is 3.03. The van der Waals surface area contributed by atoms with E-state index < -0.39 is 0 Å². The predicted octanol–water partition coefficient (Wildman–Crippen LogP) is 0.925. The van der Waals surface area contributed by atoms with Gasteiger partial charge >= 0.3 is 0 Å². The molecule has 13 heavy (non-hydrogen) atoms. The molecule has 0 aromatic carbocycles. The Balaban J connectivity index is 2.23. The van der Waals surface area contributed by atoms with Gasteiger partial charge in [0, 0.05) is 12.8 Å². The van der Waals surface area contributed by atoms with E-state index in [4.69, 9.17) is 0 Å². The van der Waals surface area contributed by atoms with Crippen LogP contribution in [0, 0.1) is 5.41 Å². The summed E-state index contributed by atoms with van der Waals surface area (Å²) in [6.45, 7) is 4.44. The van der Waals surface area contributed by atoms with E-state index in [1.165, 1.54) is 7.11 Å². The van der Waals surface area contributed by atoms with Gasteiger partial charge in [0.25, 0.3) is 5.91 Å². The summed E-state index contributed by atoms with van der Waals surface area (Å²) in [6, 6.07) is 0. The van der Waals surface area contributed by atoms with E-state index >= 15 is 0 Å². The van der Waals surface area contributed by atoms with Gasteiger partial charge in [0.15, 0.2) is 0 Å². The van der Waals surface area contributed by atoms with Crippen molar-refractivity contribution in [1.82, 2.24) is 5.43 Å². The van der Waals surface area contributed by atoms with E-state index in [2.05, 4.69) is 29.1 Å². The molecule has 74 valence electrons. The second kappa shape index (κ2) is 3.87. The van der Waals surface area contributed by atoms with E-state index in [-0.39, 0.29) is 12.5 Å². The van der Waals surface area contributed by atoms with Crippen LogP contribution >= 0.6 is 0 Å². The third-order valence-corrected chi connectivity index (χ3v) is 1.98. The molecule has 4 nitrogen and oxygen atoms in total. The number of hydrogen-bond acceptors (Lipinski definition) is 3. The van der Waals surface area contributed by atoms with Gasteiger partial charge in [0.1, 0.15) is 6.61 Å². The average molecular weight is 184 g/mol. The molecule has 0 unspecified atom stereocenters. The normalized spacial score (nSPS) is 19.2. The van der Waals surface area contributed by atoms with Gasteiger partial charge in [0.2, 0.25) is 0 Å². The van der Waals surface area contributed by atoms with Gasteiger partial charge in [-0.1, -0.05) is 13.8 Å². The Hall–Kier alpha value is -0.900. The zero-order chi connectivity index (χ0) is 9.90. The molecule has 1 aliphatic carbocycles. The monoisotopic (exact) mass is 184 g/mol. The number of rotatable bonds is 3. The Morgan fingerprint density at radius 1 is 1.62 bits per heavy atom. The minimum absolute atomic E-state index is 0.0696. The van der Waals surface area contributed by atoms with E-state index in [1.807, 2.05) is 0 Å². The van der Waals surface area contributed by atoms with Crippen LogP contribution in [0.1, 0.15) is 26.7 Å². The molecular weight excluding hydrogens is 168 g/mol. The number of ether oxygens (including phenoxy) is 1. The van der Waals surface area contributed by atoms with Crippen LogP contribution < -0.4 is 5.43 Å². The fourth-order valence-electron chi connectivity index (χ4n) is 1.44. The molecule has 0 heterocycles. The predicted molar refractivity (Wildman–Crippen MR) is 50.5 cm³/mol. The highest BCUT2D eigenvalue weighted by Gasteiger charge is 2.32. The standard InChI is InChI=1S/C9H16N2O2/c1-9(2)4-7(5-9)10-11-8(12)6-13-3/h4-6H2,1-3H3,(H,11,12). The summed E-state index contributed by atoms with van der Waals surface area (Å²) in [5.41, 5.74) is 3.88. The molecule has 1 rings (SSSR count). The third kappa shape index (κ3) is 3.14. The minimum Gasteiger partial charge on any atom is -0.375 e. The fraction of sp³-hybridized carbons (Fsp3) is 0.778. The average Bonchev–Trinajstić information content (AvgIpc) is 1.97. The van der Waals surface area contributed by atoms with Crippen LogP contribution in [-0.4, -0.2) is 25.3 Å². The first-order valence-corrected chi connectivity index (χ1v) is 4.37. The van der Waals surface area contributed by atoms with Crippen molar-refractivity contribution in [1.29, 1.82) is 0 Å². The summed E-state index contributed by atoms with van der Waals surface area (Å²) in [6.07, 6.45) is 1.94. The van der Waals surface area contributed by atoms with Gasteiger partial charge in [0.05, 0.1) is 0 Å². The summed E-state index contributed by atoms with van der Waals surface area (Å²) in [4.78, 5) is 10.9. The van der Waals surface area contributed by atoms with Gasteiger partial charge in [-0.15, -0.1) is 0 Å². The Morgan fingerprint density at radius 3 is 2.69 bits per heavy atom. The molecule has 0 aromatic heterocycles. The van der Waals surface area contributed by atoms with Crippen molar-refractivity contribution in [2.45, 2.75) is 26.7 Å². The highest BCUT2D eigenvalue weighted by Crippen LogP contribution is 2.36. The number of methoxy groups -OCH3 is 1. The third-order valence-electron chi connectivity index (χ3n) is 1.98. The van der Waals surface area contributed by atoms with Gasteiger partial charge in [-0.05, 0) is 18.3 Å². The van der Waals surface area contributed by atoms with Crippen molar-refractivity contribution in [3.05, 3.63) is 0 Å². The summed E-state index contributed by atoms with van der Waals surface area (Å²) in [5.74, 6) is -0.195. The summed E-state index contributed by atoms with van der Waals surface area (Å²) < 4.78 is 4.65. The van der Waals surface area contributed by atoms with E-state index in [0.29, 0.717) is 5.41 Å². The minimum atomic E-state index is -0.195. The molecule has 0 radical (unpaired) electrons. The van der Waals surface area contributed by atoms with Crippen molar-refractivity contribution >= 4 is 11.6 Å². The second-order valence-electron chi connectivity index (χ2n) is 4.16. The zero-order valence-corrected chi connectivity index (χ0v) is 8.39. The van der Waals surface area contributed by atoms with Crippen LogP contribution in [-0.2, 0) is 9.53 Å². The molecule has 0 aromatic rings. The lowest BCUT2D eigenvalue weighted by atomic mass is 9.71. The molecule has 1 amide bonds. The molecule has 0 aliphatic heterocycles. The molecular formula is C9H16N2O2. The van der Waals surface area contributed by atoms with Crippen LogP contribution in [0.25, 0.3) is 0 Å². The SMILES string of the molecule is COCC(=O)NN=C1CC(C)(C)C1. The van der Waals surface area contributed by atoms with Crippen molar-refractivity contribution in [3.63, 3.8) is 0 Å². The molecule has 1 aliphatic rings. The number of hydrogen-bond donors (Lipinski definition) is 1. The Labute approximate surface area is 78.3 Å². The lowest BCUT2D eigenvalue weighted by Crippen LogP contribution is -2.34. The first-order valence-electron chi connectivity index (χ1n) is 4.37. The second-order valence-corrected chi connectivity index (χ2v) is 4.16. The number of carbonyl (C=O) groups excluding carboxylic acids is 1. The van der Waals surface area contributed by atoms with E-state index in [9.17, 15) is 4.79 Å². The highest BCUT2D eigenvalue weighted by atomic mass is 16.5. The van der Waals surface area contributed by atoms with Crippen LogP contribution in [0.15, 0.2) is 5.10 Å². The highest BCUT2D eigenvalue weighted by molar-refractivity contribution is 5.92. The number of carbonyl (C=O) groups is 1. The van der Waals surface area contributed by atoms with Crippen molar-refractivity contribution < 1.29 is 9.53 Å². The van der Waals surface area contributed by atoms with Crippen LogP contribution in [0.3, 0.4) is 0 Å². The number of nitrogens with one attached hydrogen (secondary N) is 1. The first kappa shape index (κ1) is 10.2. The fourth-order valence-corrected chi connectivity index (χ4v) is 1.44. The molecule has 0 spiro atoms. The van der Waals surface area contributed by atoms with E-state index in [0.717, 1.165) is 18.6 Å². The van der Waals surface area contributed by atoms with Gasteiger partial charge in [-0.25, -0.2) is 5.43 Å². The molecule has 0 saturated heterocycles. The molecule has 0 atom stereocenters. The lowest BCUT2D eigenvalue weighted by Gasteiger charge is -2.35. The van der Waals surface area contributed by atoms with Crippen molar-refractivity contribution in [2.24, 2.45) is 10.5 Å². The van der Waals surface area contributed by atoms with Crippen LogP contribution in [0.5, 0.6) is 0 Å². The maximum Gasteiger partial charge on any atom is 0.266 e. The number of amides is 1. The Bertz CT molecular complexity index is 224.